The highest BCUT2D eigenvalue weighted by atomic mass is 127. The van der Waals surface area contributed by atoms with E-state index in [9.17, 15) is 8.42 Å². The van der Waals surface area contributed by atoms with Crippen LogP contribution in [-0.2, 0) is 9.05 Å². The molecule has 0 unspecified atom stereocenters. The predicted molar refractivity (Wildman–Crippen MR) is 58.7 cm³/mol. The Morgan fingerprint density at radius 1 is 1.46 bits per heavy atom. The van der Waals surface area contributed by atoms with Crippen LogP contribution in [0.15, 0.2) is 23.1 Å². The minimum atomic E-state index is -3.64. The van der Waals surface area contributed by atoms with Gasteiger partial charge < -0.3 is 4.74 Å². The van der Waals surface area contributed by atoms with Gasteiger partial charge in [-0.05, 0) is 40.8 Å². The van der Waals surface area contributed by atoms with Crippen molar-refractivity contribution in [1.29, 1.82) is 0 Å². The van der Waals surface area contributed by atoms with Crippen molar-refractivity contribution in [2.24, 2.45) is 0 Å². The largest absolute Gasteiger partial charge is 0.496 e. The van der Waals surface area contributed by atoms with Crippen LogP contribution in [0.1, 0.15) is 0 Å². The van der Waals surface area contributed by atoms with Crippen LogP contribution in [0.5, 0.6) is 5.75 Å². The average molecular weight is 333 g/mol. The maximum atomic E-state index is 10.9. The molecule has 0 heterocycles. The zero-order valence-electron chi connectivity index (χ0n) is 6.62. The Kier molecular flexibility index (Phi) is 3.42. The fraction of sp³-hybridized carbons (Fsp3) is 0.143. The molecule has 0 amide bonds. The van der Waals surface area contributed by atoms with Crippen LogP contribution in [0.4, 0.5) is 0 Å². The SMILES string of the molecule is COc1ccc(S(=O)(=O)Cl)cc1I. The molecule has 72 valence electrons. The van der Waals surface area contributed by atoms with Gasteiger partial charge in [-0.2, -0.15) is 0 Å². The van der Waals surface area contributed by atoms with E-state index in [1.807, 2.05) is 22.6 Å². The standard InChI is InChI=1S/C7H6ClIO3S/c1-12-7-3-2-5(4-6(7)9)13(8,10)11/h2-4H,1H3. The lowest BCUT2D eigenvalue weighted by molar-refractivity contribution is 0.411. The number of hydrogen-bond acceptors (Lipinski definition) is 3. The van der Waals surface area contributed by atoms with Gasteiger partial charge in [-0.1, -0.05) is 0 Å². The maximum absolute atomic E-state index is 10.9. The van der Waals surface area contributed by atoms with Crippen molar-refractivity contribution in [3.63, 3.8) is 0 Å². The van der Waals surface area contributed by atoms with E-state index in [0.717, 1.165) is 0 Å². The third kappa shape index (κ3) is 2.72. The second kappa shape index (κ2) is 4.02. The minimum absolute atomic E-state index is 0.0827. The van der Waals surface area contributed by atoms with Gasteiger partial charge >= 0.3 is 0 Å². The molecular weight excluding hydrogens is 326 g/mol. The molecule has 0 fully saturated rings. The van der Waals surface area contributed by atoms with Gasteiger partial charge in [0.1, 0.15) is 5.75 Å². The third-order valence-electron chi connectivity index (χ3n) is 1.40. The molecule has 13 heavy (non-hydrogen) atoms. The van der Waals surface area contributed by atoms with Crippen molar-refractivity contribution in [3.05, 3.63) is 21.8 Å². The van der Waals surface area contributed by atoms with Crippen LogP contribution in [-0.4, -0.2) is 15.5 Å². The lowest BCUT2D eigenvalue weighted by atomic mass is 10.3. The van der Waals surface area contributed by atoms with Gasteiger partial charge in [0.05, 0.1) is 15.6 Å². The Hall–Kier alpha value is -0.0100. The first kappa shape index (κ1) is 11.1. The molecule has 0 aliphatic carbocycles. The number of methoxy groups -OCH3 is 1. The van der Waals surface area contributed by atoms with Crippen LogP contribution >= 0.6 is 33.3 Å². The number of benzene rings is 1. The van der Waals surface area contributed by atoms with Crippen molar-refractivity contribution in [1.82, 2.24) is 0 Å². The second-order valence-corrected chi connectivity index (χ2v) is 5.96. The molecule has 0 saturated carbocycles. The predicted octanol–water partition coefficient (Wildman–Crippen LogP) is 2.23. The van der Waals surface area contributed by atoms with E-state index in [1.54, 1.807) is 6.07 Å². The number of halogens is 2. The van der Waals surface area contributed by atoms with Gasteiger partial charge in [0.2, 0.25) is 0 Å². The zero-order valence-corrected chi connectivity index (χ0v) is 10.4. The summed E-state index contributed by atoms with van der Waals surface area (Å²) in [5.41, 5.74) is 0. The van der Waals surface area contributed by atoms with E-state index in [2.05, 4.69) is 0 Å². The topological polar surface area (TPSA) is 43.4 Å². The summed E-state index contributed by atoms with van der Waals surface area (Å²) in [7, 11) is 3.04. The van der Waals surface area contributed by atoms with Crippen LogP contribution in [0.2, 0.25) is 0 Å². The van der Waals surface area contributed by atoms with Gasteiger partial charge in [0, 0.05) is 10.7 Å². The van der Waals surface area contributed by atoms with Crippen LogP contribution in [0.25, 0.3) is 0 Å². The molecule has 1 aromatic rings. The van der Waals surface area contributed by atoms with Crippen molar-refractivity contribution < 1.29 is 13.2 Å². The molecule has 1 aromatic carbocycles. The molecule has 0 atom stereocenters. The van der Waals surface area contributed by atoms with Crippen molar-refractivity contribution in [2.45, 2.75) is 4.90 Å². The fourth-order valence-electron chi connectivity index (χ4n) is 0.799. The first-order valence-corrected chi connectivity index (χ1v) is 6.62. The second-order valence-electron chi connectivity index (χ2n) is 2.23. The maximum Gasteiger partial charge on any atom is 0.261 e. The van der Waals surface area contributed by atoms with E-state index >= 15 is 0 Å². The zero-order chi connectivity index (χ0) is 10.1. The first-order valence-electron chi connectivity index (χ1n) is 3.23. The van der Waals surface area contributed by atoms with Crippen LogP contribution in [0, 0.1) is 3.57 Å². The molecule has 0 aliphatic rings. The average Bonchev–Trinajstić information content (AvgIpc) is 2.02. The molecule has 0 aromatic heterocycles. The molecule has 0 N–H and O–H groups in total. The van der Waals surface area contributed by atoms with E-state index in [-0.39, 0.29) is 4.90 Å². The molecule has 0 saturated heterocycles. The molecule has 3 nitrogen and oxygen atoms in total. The number of rotatable bonds is 2. The summed E-state index contributed by atoms with van der Waals surface area (Å²) < 4.78 is 27.5. The van der Waals surface area contributed by atoms with Crippen molar-refractivity contribution in [2.75, 3.05) is 7.11 Å². The fourth-order valence-corrected chi connectivity index (χ4v) is 2.52. The first-order chi connectivity index (χ1) is 5.95. The summed E-state index contributed by atoms with van der Waals surface area (Å²) in [6, 6.07) is 4.43. The van der Waals surface area contributed by atoms with E-state index in [0.29, 0.717) is 9.32 Å². The Morgan fingerprint density at radius 3 is 2.46 bits per heavy atom. The molecule has 1 rings (SSSR count). The summed E-state index contributed by atoms with van der Waals surface area (Å²) in [5.74, 6) is 0.629. The monoisotopic (exact) mass is 332 g/mol. The summed E-state index contributed by atoms with van der Waals surface area (Å²) >= 11 is 1.98. The quantitative estimate of drug-likeness (QED) is 0.616. The Labute approximate surface area is 94.6 Å². The molecule has 0 spiro atoms. The number of hydrogen-bond donors (Lipinski definition) is 0. The Balaban J connectivity index is 3.26. The molecule has 6 heteroatoms. The van der Waals surface area contributed by atoms with Gasteiger partial charge in [-0.25, -0.2) is 8.42 Å². The van der Waals surface area contributed by atoms with Crippen molar-refractivity contribution >= 4 is 42.3 Å². The molecular formula is C7H6ClIO3S. The minimum Gasteiger partial charge on any atom is -0.496 e. The molecule has 0 aliphatic heterocycles. The Bertz CT molecular complexity index is 416. The number of ether oxygens (including phenoxy) is 1. The van der Waals surface area contributed by atoms with Crippen molar-refractivity contribution in [3.8, 4) is 5.75 Å². The normalized spacial score (nSPS) is 11.3. The van der Waals surface area contributed by atoms with Crippen LogP contribution in [0.3, 0.4) is 0 Å². The highest BCUT2D eigenvalue weighted by Gasteiger charge is 2.11. The lowest BCUT2D eigenvalue weighted by Crippen LogP contribution is -1.93. The summed E-state index contributed by atoms with van der Waals surface area (Å²) in [4.78, 5) is 0.0827. The van der Waals surface area contributed by atoms with Gasteiger partial charge in [-0.15, -0.1) is 0 Å². The van der Waals surface area contributed by atoms with Gasteiger partial charge in [0.25, 0.3) is 9.05 Å². The summed E-state index contributed by atoms with van der Waals surface area (Å²) in [5, 5.41) is 0. The third-order valence-corrected chi connectivity index (χ3v) is 3.60. The van der Waals surface area contributed by atoms with Gasteiger partial charge in [0.15, 0.2) is 0 Å². The smallest absolute Gasteiger partial charge is 0.261 e. The van der Waals surface area contributed by atoms with Crippen LogP contribution < -0.4 is 4.74 Å². The Morgan fingerprint density at radius 2 is 2.08 bits per heavy atom. The summed E-state index contributed by atoms with van der Waals surface area (Å²) in [6.45, 7) is 0. The highest BCUT2D eigenvalue weighted by molar-refractivity contribution is 14.1. The van der Waals surface area contributed by atoms with E-state index < -0.39 is 9.05 Å². The van der Waals surface area contributed by atoms with Gasteiger partial charge in [-0.3, -0.25) is 0 Å². The highest BCUT2D eigenvalue weighted by Crippen LogP contribution is 2.25. The molecule has 0 radical (unpaired) electrons. The van der Waals surface area contributed by atoms with E-state index in [1.165, 1.54) is 19.2 Å². The lowest BCUT2D eigenvalue weighted by Gasteiger charge is -2.03. The molecule has 0 bridgehead atoms. The summed E-state index contributed by atoms with van der Waals surface area (Å²) in [6.07, 6.45) is 0. The van der Waals surface area contributed by atoms with E-state index in [4.69, 9.17) is 15.4 Å².